The Kier molecular flexibility index (Phi) is 2.22. The van der Waals surface area contributed by atoms with Gasteiger partial charge >= 0.3 is 0 Å². The monoisotopic (exact) mass is 171 g/mol. The zero-order valence-electron chi connectivity index (χ0n) is 5.53. The maximum Gasteiger partial charge on any atom is 0.224 e. The number of nitrogens with zero attached hydrogens (tertiary/aromatic N) is 3. The third kappa shape index (κ3) is 2.38. The van der Waals surface area contributed by atoms with Gasteiger partial charge in [0.2, 0.25) is 5.28 Å². The maximum atomic E-state index is 5.46. The lowest BCUT2D eigenvalue weighted by Crippen LogP contribution is -2.22. The van der Waals surface area contributed by atoms with Crippen LogP contribution in [0.1, 0.15) is 0 Å². The van der Waals surface area contributed by atoms with Crippen molar-refractivity contribution in [3.63, 3.8) is 0 Å². The molecule has 58 valence electrons. The minimum absolute atomic E-state index is 0.0558. The van der Waals surface area contributed by atoms with Crippen LogP contribution in [0.3, 0.4) is 0 Å². The lowest BCUT2D eigenvalue weighted by atomic mass is 10.6. The molecular weight excluding hydrogens is 166 g/mol. The summed E-state index contributed by atoms with van der Waals surface area (Å²) in [5.41, 5.74) is 10.2. The van der Waals surface area contributed by atoms with Crippen LogP contribution in [0.25, 0.3) is 0 Å². The molecule has 1 rings (SSSR count). The molecule has 11 heavy (non-hydrogen) atoms. The van der Waals surface area contributed by atoms with E-state index < -0.39 is 0 Å². The van der Waals surface area contributed by atoms with Gasteiger partial charge < -0.3 is 11.5 Å². The van der Waals surface area contributed by atoms with Gasteiger partial charge in [0.1, 0.15) is 0 Å². The Morgan fingerprint density at radius 3 is 2.82 bits per heavy atom. The number of guanidine groups is 1. The Hall–Kier alpha value is -1.36. The van der Waals surface area contributed by atoms with Gasteiger partial charge in [-0.1, -0.05) is 0 Å². The molecule has 0 atom stereocenters. The molecule has 0 bridgehead atoms. The number of nitrogens with two attached hydrogens (primary N) is 2. The number of aliphatic imine (C=N–C) groups is 1. The third-order valence-electron chi connectivity index (χ3n) is 0.855. The second-order valence-corrected chi connectivity index (χ2v) is 2.06. The highest BCUT2D eigenvalue weighted by Gasteiger charge is 1.92. The topological polar surface area (TPSA) is 90.2 Å². The second-order valence-electron chi connectivity index (χ2n) is 1.72. The Morgan fingerprint density at radius 2 is 2.27 bits per heavy atom. The average molecular weight is 172 g/mol. The molecule has 5 nitrogen and oxygen atoms in total. The maximum absolute atomic E-state index is 5.46. The van der Waals surface area contributed by atoms with Gasteiger partial charge in [-0.25, -0.2) is 4.98 Å². The molecule has 0 saturated heterocycles. The van der Waals surface area contributed by atoms with Crippen molar-refractivity contribution in [2.24, 2.45) is 16.5 Å². The van der Waals surface area contributed by atoms with Crippen LogP contribution in [-0.4, -0.2) is 15.9 Å². The molecule has 0 fully saturated rings. The van der Waals surface area contributed by atoms with E-state index >= 15 is 0 Å². The fraction of sp³-hybridized carbons (Fsp3) is 0. The number of hydrogen-bond donors (Lipinski definition) is 2. The molecule has 0 saturated carbocycles. The van der Waals surface area contributed by atoms with Crippen LogP contribution in [0.15, 0.2) is 17.3 Å². The minimum Gasteiger partial charge on any atom is -0.370 e. The fourth-order valence-electron chi connectivity index (χ4n) is 0.521. The predicted molar refractivity (Wildman–Crippen MR) is 42.5 cm³/mol. The van der Waals surface area contributed by atoms with E-state index in [1.807, 2.05) is 0 Å². The predicted octanol–water partition coefficient (Wildman–Crippen LogP) is 0.0349. The molecule has 0 aromatic carbocycles. The lowest BCUT2D eigenvalue weighted by molar-refractivity contribution is 1.15. The first-order valence-corrected chi connectivity index (χ1v) is 3.14. The van der Waals surface area contributed by atoms with Gasteiger partial charge in [-0.15, -0.1) is 0 Å². The van der Waals surface area contributed by atoms with Gasteiger partial charge in [-0.3, -0.25) is 0 Å². The van der Waals surface area contributed by atoms with Crippen molar-refractivity contribution in [3.05, 3.63) is 17.5 Å². The molecule has 0 aliphatic carbocycles. The summed E-state index contributed by atoms with van der Waals surface area (Å²) in [5.74, 6) is 0.296. The standard InChI is InChI=1S/C5H6ClN5/c6-4-9-2-1-3(10-4)11-5(7)8/h1-2H,(H4,7,8,9,10,11). The highest BCUT2D eigenvalue weighted by atomic mass is 35.5. The van der Waals surface area contributed by atoms with E-state index in [1.165, 1.54) is 6.20 Å². The summed E-state index contributed by atoms with van der Waals surface area (Å²) < 4.78 is 0. The molecule has 0 amide bonds. The summed E-state index contributed by atoms with van der Waals surface area (Å²) in [6, 6.07) is 1.55. The molecule has 0 aliphatic heterocycles. The summed E-state index contributed by atoms with van der Waals surface area (Å²) in [6.07, 6.45) is 1.47. The quantitative estimate of drug-likeness (QED) is 0.355. The van der Waals surface area contributed by atoms with Gasteiger partial charge in [-0.2, -0.15) is 9.98 Å². The normalized spacial score (nSPS) is 9.18. The van der Waals surface area contributed by atoms with Crippen molar-refractivity contribution in [2.75, 3.05) is 0 Å². The Labute approximate surface area is 68.1 Å². The fourth-order valence-corrected chi connectivity index (χ4v) is 0.664. The summed E-state index contributed by atoms with van der Waals surface area (Å²) in [7, 11) is 0. The molecule has 1 aromatic heterocycles. The largest absolute Gasteiger partial charge is 0.370 e. The minimum atomic E-state index is -0.0558. The van der Waals surface area contributed by atoms with Gasteiger partial charge in [0, 0.05) is 12.3 Å². The molecule has 4 N–H and O–H groups in total. The molecule has 1 aromatic rings. The molecule has 1 heterocycles. The average Bonchev–Trinajstić information content (AvgIpc) is 1.85. The van der Waals surface area contributed by atoms with Crippen LogP contribution in [0.4, 0.5) is 5.82 Å². The zero-order valence-corrected chi connectivity index (χ0v) is 6.28. The first-order valence-electron chi connectivity index (χ1n) is 2.76. The van der Waals surface area contributed by atoms with Crippen LogP contribution in [0.5, 0.6) is 0 Å². The summed E-state index contributed by atoms with van der Waals surface area (Å²) in [5, 5.41) is 0.118. The molecular formula is C5H6ClN5. The molecule has 0 radical (unpaired) electrons. The SMILES string of the molecule is NC(N)=Nc1ccnc(Cl)n1. The number of rotatable bonds is 1. The van der Waals surface area contributed by atoms with Gasteiger partial charge in [0.05, 0.1) is 0 Å². The van der Waals surface area contributed by atoms with E-state index in [0.29, 0.717) is 5.82 Å². The van der Waals surface area contributed by atoms with E-state index in [9.17, 15) is 0 Å². The van der Waals surface area contributed by atoms with E-state index in [-0.39, 0.29) is 11.2 Å². The number of hydrogen-bond acceptors (Lipinski definition) is 3. The zero-order chi connectivity index (χ0) is 8.27. The Bertz CT molecular complexity index is 280. The van der Waals surface area contributed by atoms with E-state index in [1.54, 1.807) is 6.07 Å². The highest BCUT2D eigenvalue weighted by molar-refractivity contribution is 6.28. The van der Waals surface area contributed by atoms with Crippen LogP contribution in [0, 0.1) is 0 Å². The summed E-state index contributed by atoms with van der Waals surface area (Å²) >= 11 is 5.46. The molecule has 0 spiro atoms. The second kappa shape index (κ2) is 3.16. The van der Waals surface area contributed by atoms with Crippen molar-refractivity contribution >= 4 is 23.4 Å². The van der Waals surface area contributed by atoms with Gasteiger partial charge in [0.15, 0.2) is 11.8 Å². The number of halogens is 1. The smallest absolute Gasteiger partial charge is 0.224 e. The first-order chi connectivity index (χ1) is 5.18. The molecule has 0 aliphatic rings. The lowest BCUT2D eigenvalue weighted by Gasteiger charge is -1.92. The van der Waals surface area contributed by atoms with Crippen LogP contribution < -0.4 is 11.5 Å². The van der Waals surface area contributed by atoms with Crippen LogP contribution >= 0.6 is 11.6 Å². The Balaban J connectivity index is 2.97. The van der Waals surface area contributed by atoms with Crippen LogP contribution in [0.2, 0.25) is 5.28 Å². The van der Waals surface area contributed by atoms with Crippen molar-refractivity contribution in [1.82, 2.24) is 9.97 Å². The van der Waals surface area contributed by atoms with E-state index in [2.05, 4.69) is 15.0 Å². The van der Waals surface area contributed by atoms with Crippen molar-refractivity contribution in [2.45, 2.75) is 0 Å². The van der Waals surface area contributed by atoms with Crippen molar-refractivity contribution in [3.8, 4) is 0 Å². The third-order valence-corrected chi connectivity index (χ3v) is 1.04. The highest BCUT2D eigenvalue weighted by Crippen LogP contribution is 2.08. The van der Waals surface area contributed by atoms with E-state index in [4.69, 9.17) is 23.1 Å². The molecule has 6 heteroatoms. The van der Waals surface area contributed by atoms with E-state index in [0.717, 1.165) is 0 Å². The molecule has 0 unspecified atom stereocenters. The van der Waals surface area contributed by atoms with Gasteiger partial charge in [-0.05, 0) is 11.6 Å². The first kappa shape index (κ1) is 7.74. The Morgan fingerprint density at radius 1 is 1.55 bits per heavy atom. The van der Waals surface area contributed by atoms with Crippen LogP contribution in [-0.2, 0) is 0 Å². The van der Waals surface area contributed by atoms with Crippen molar-refractivity contribution < 1.29 is 0 Å². The van der Waals surface area contributed by atoms with Gasteiger partial charge in [0.25, 0.3) is 0 Å². The van der Waals surface area contributed by atoms with Crippen molar-refractivity contribution in [1.29, 1.82) is 0 Å². The summed E-state index contributed by atoms with van der Waals surface area (Å²) in [4.78, 5) is 11.0. The summed E-state index contributed by atoms with van der Waals surface area (Å²) in [6.45, 7) is 0. The number of aromatic nitrogens is 2.